The molecular weight excluding hydrogens is 216 g/mol. The first-order valence-corrected chi connectivity index (χ1v) is 5.61. The van der Waals surface area contributed by atoms with Crippen LogP contribution >= 0.6 is 0 Å². The van der Waals surface area contributed by atoms with Gasteiger partial charge in [-0.15, -0.1) is 0 Å². The van der Waals surface area contributed by atoms with Crippen molar-refractivity contribution >= 4 is 0 Å². The van der Waals surface area contributed by atoms with Gasteiger partial charge in [0.25, 0.3) is 0 Å². The minimum absolute atomic E-state index is 0.323. The number of ether oxygens (including phenoxy) is 1. The molecule has 17 heavy (non-hydrogen) atoms. The van der Waals surface area contributed by atoms with Crippen LogP contribution in [0.4, 0.5) is 0 Å². The summed E-state index contributed by atoms with van der Waals surface area (Å²) in [5.74, 6) is 2.28. The monoisotopic (exact) mass is 232 g/mol. The molecule has 0 radical (unpaired) electrons. The first kappa shape index (κ1) is 11.7. The Balaban J connectivity index is 2.40. The summed E-state index contributed by atoms with van der Waals surface area (Å²) in [6.07, 6.45) is 0.800. The zero-order valence-electron chi connectivity index (χ0n) is 10.1. The van der Waals surface area contributed by atoms with Crippen LogP contribution in [0.15, 0.2) is 28.7 Å². The van der Waals surface area contributed by atoms with Crippen molar-refractivity contribution in [3.05, 3.63) is 35.9 Å². The molecule has 2 rings (SSSR count). The average Bonchev–Trinajstić information content (AvgIpc) is 2.82. The summed E-state index contributed by atoms with van der Waals surface area (Å²) in [5, 5.41) is 0. The second-order valence-corrected chi connectivity index (χ2v) is 3.67. The van der Waals surface area contributed by atoms with Gasteiger partial charge in [-0.1, -0.05) is 6.92 Å². The number of benzene rings is 1. The molecule has 4 heteroatoms. The number of nitrogens with zero attached hydrogens (tertiary/aromatic N) is 1. The molecular formula is C13H16N2O2. The molecule has 0 fully saturated rings. The van der Waals surface area contributed by atoms with E-state index in [9.17, 15) is 0 Å². The Bertz CT molecular complexity index is 489. The van der Waals surface area contributed by atoms with E-state index in [1.807, 2.05) is 31.2 Å². The standard InChI is InChI=1S/C13H16N2O2/c1-3-11-13(15-12(8-14)17-11)9-4-6-10(16-2)7-5-9/h4-7H,3,8,14H2,1-2H3. The highest BCUT2D eigenvalue weighted by Crippen LogP contribution is 2.26. The Kier molecular flexibility index (Phi) is 3.44. The summed E-state index contributed by atoms with van der Waals surface area (Å²) in [5.41, 5.74) is 7.42. The van der Waals surface area contributed by atoms with Gasteiger partial charge in [-0.2, -0.15) is 0 Å². The van der Waals surface area contributed by atoms with Crippen LogP contribution in [0.3, 0.4) is 0 Å². The van der Waals surface area contributed by atoms with Gasteiger partial charge in [-0.3, -0.25) is 0 Å². The van der Waals surface area contributed by atoms with Gasteiger partial charge in [0.1, 0.15) is 17.2 Å². The fourth-order valence-electron chi connectivity index (χ4n) is 1.70. The molecule has 0 saturated heterocycles. The Morgan fingerprint density at radius 2 is 2.00 bits per heavy atom. The van der Waals surface area contributed by atoms with Crippen LogP contribution < -0.4 is 10.5 Å². The smallest absolute Gasteiger partial charge is 0.208 e. The van der Waals surface area contributed by atoms with Crippen molar-refractivity contribution < 1.29 is 9.15 Å². The van der Waals surface area contributed by atoms with E-state index in [4.69, 9.17) is 14.9 Å². The molecule has 1 aromatic heterocycles. The van der Waals surface area contributed by atoms with Gasteiger partial charge in [-0.25, -0.2) is 4.98 Å². The van der Waals surface area contributed by atoms with E-state index >= 15 is 0 Å². The predicted molar refractivity (Wildman–Crippen MR) is 65.8 cm³/mol. The zero-order chi connectivity index (χ0) is 12.3. The number of rotatable bonds is 4. The maximum atomic E-state index is 5.56. The third-order valence-electron chi connectivity index (χ3n) is 2.60. The summed E-state index contributed by atoms with van der Waals surface area (Å²) in [6, 6.07) is 7.75. The lowest BCUT2D eigenvalue weighted by Gasteiger charge is -2.01. The van der Waals surface area contributed by atoms with Crippen LogP contribution in [0, 0.1) is 0 Å². The van der Waals surface area contributed by atoms with Gasteiger partial charge < -0.3 is 14.9 Å². The Hall–Kier alpha value is -1.81. The minimum atomic E-state index is 0.323. The van der Waals surface area contributed by atoms with E-state index in [-0.39, 0.29) is 0 Å². The minimum Gasteiger partial charge on any atom is -0.497 e. The average molecular weight is 232 g/mol. The van der Waals surface area contributed by atoms with Crippen molar-refractivity contribution in [1.82, 2.24) is 4.98 Å². The predicted octanol–water partition coefficient (Wildman–Crippen LogP) is 2.37. The number of hydrogen-bond donors (Lipinski definition) is 1. The van der Waals surface area contributed by atoms with Gasteiger partial charge in [0.05, 0.1) is 13.7 Å². The Morgan fingerprint density at radius 1 is 1.29 bits per heavy atom. The third-order valence-corrected chi connectivity index (χ3v) is 2.60. The summed E-state index contributed by atoms with van der Waals surface area (Å²) in [7, 11) is 1.65. The van der Waals surface area contributed by atoms with E-state index in [1.165, 1.54) is 0 Å². The van der Waals surface area contributed by atoms with E-state index in [2.05, 4.69) is 4.98 Å². The summed E-state index contributed by atoms with van der Waals surface area (Å²) < 4.78 is 10.7. The summed E-state index contributed by atoms with van der Waals surface area (Å²) in [4.78, 5) is 4.39. The van der Waals surface area contributed by atoms with E-state index in [0.717, 1.165) is 29.2 Å². The first-order valence-electron chi connectivity index (χ1n) is 5.61. The number of hydrogen-bond acceptors (Lipinski definition) is 4. The molecule has 1 heterocycles. The number of oxazole rings is 1. The SMILES string of the molecule is CCc1oc(CN)nc1-c1ccc(OC)cc1. The molecule has 90 valence electrons. The van der Waals surface area contributed by atoms with Gasteiger partial charge in [0, 0.05) is 12.0 Å². The molecule has 2 N–H and O–H groups in total. The van der Waals surface area contributed by atoms with E-state index < -0.39 is 0 Å². The normalized spacial score (nSPS) is 10.5. The maximum Gasteiger partial charge on any atom is 0.208 e. The first-order chi connectivity index (χ1) is 8.28. The highest BCUT2D eigenvalue weighted by atomic mass is 16.5. The van der Waals surface area contributed by atoms with Crippen molar-refractivity contribution in [1.29, 1.82) is 0 Å². The molecule has 0 amide bonds. The molecule has 2 aromatic rings. The van der Waals surface area contributed by atoms with Gasteiger partial charge >= 0.3 is 0 Å². The lowest BCUT2D eigenvalue weighted by Crippen LogP contribution is -1.95. The van der Waals surface area contributed by atoms with Crippen LogP contribution in [0.2, 0.25) is 0 Å². The Morgan fingerprint density at radius 3 is 2.53 bits per heavy atom. The number of nitrogens with two attached hydrogens (primary N) is 1. The third kappa shape index (κ3) is 2.31. The zero-order valence-corrected chi connectivity index (χ0v) is 10.1. The van der Waals surface area contributed by atoms with Gasteiger partial charge in [-0.05, 0) is 24.3 Å². The number of aryl methyl sites for hydroxylation is 1. The molecule has 0 saturated carbocycles. The summed E-state index contributed by atoms with van der Waals surface area (Å²) in [6.45, 7) is 2.36. The topological polar surface area (TPSA) is 61.3 Å². The van der Waals surface area contributed by atoms with Crippen LogP contribution in [-0.2, 0) is 13.0 Å². The van der Waals surface area contributed by atoms with Crippen molar-refractivity contribution in [2.45, 2.75) is 19.9 Å². The largest absolute Gasteiger partial charge is 0.497 e. The highest BCUT2D eigenvalue weighted by molar-refractivity contribution is 5.62. The molecule has 0 bridgehead atoms. The second-order valence-electron chi connectivity index (χ2n) is 3.67. The highest BCUT2D eigenvalue weighted by Gasteiger charge is 2.12. The Labute approximate surface area is 100 Å². The van der Waals surface area contributed by atoms with Gasteiger partial charge in [0.2, 0.25) is 5.89 Å². The molecule has 0 aliphatic heterocycles. The molecule has 4 nitrogen and oxygen atoms in total. The second kappa shape index (κ2) is 5.01. The molecule has 0 aliphatic rings. The number of methoxy groups -OCH3 is 1. The lowest BCUT2D eigenvalue weighted by molar-refractivity contribution is 0.415. The van der Waals surface area contributed by atoms with Crippen molar-refractivity contribution in [2.24, 2.45) is 5.73 Å². The fraction of sp³-hybridized carbons (Fsp3) is 0.308. The molecule has 0 aliphatic carbocycles. The van der Waals surface area contributed by atoms with Crippen LogP contribution in [-0.4, -0.2) is 12.1 Å². The van der Waals surface area contributed by atoms with Crippen LogP contribution in [0.1, 0.15) is 18.6 Å². The fourth-order valence-corrected chi connectivity index (χ4v) is 1.70. The van der Waals surface area contributed by atoms with Crippen molar-refractivity contribution in [3.8, 4) is 17.0 Å². The number of aromatic nitrogens is 1. The lowest BCUT2D eigenvalue weighted by atomic mass is 10.1. The quantitative estimate of drug-likeness (QED) is 0.879. The molecule has 0 atom stereocenters. The maximum absolute atomic E-state index is 5.56. The van der Waals surface area contributed by atoms with E-state index in [1.54, 1.807) is 7.11 Å². The van der Waals surface area contributed by atoms with E-state index in [0.29, 0.717) is 12.4 Å². The molecule has 1 aromatic carbocycles. The van der Waals surface area contributed by atoms with Gasteiger partial charge in [0.15, 0.2) is 0 Å². The van der Waals surface area contributed by atoms with Crippen molar-refractivity contribution in [2.75, 3.05) is 7.11 Å². The molecule has 0 unspecified atom stereocenters. The van der Waals surface area contributed by atoms with Crippen molar-refractivity contribution in [3.63, 3.8) is 0 Å². The summed E-state index contributed by atoms with van der Waals surface area (Å²) >= 11 is 0. The van der Waals surface area contributed by atoms with Crippen LogP contribution in [0.25, 0.3) is 11.3 Å². The molecule has 0 spiro atoms. The van der Waals surface area contributed by atoms with Crippen LogP contribution in [0.5, 0.6) is 5.75 Å².